The summed E-state index contributed by atoms with van der Waals surface area (Å²) in [4.78, 5) is 4.35. The summed E-state index contributed by atoms with van der Waals surface area (Å²) in [6.45, 7) is 8.22. The fourth-order valence-electron chi connectivity index (χ4n) is 2.16. The Hall–Kier alpha value is -2.29. The van der Waals surface area contributed by atoms with Crippen LogP contribution < -0.4 is 0 Å². The molecule has 3 nitrogen and oxygen atoms in total. The topological polar surface area (TPSA) is 52.8 Å². The van der Waals surface area contributed by atoms with Crippen LogP contribution in [-0.4, -0.2) is 16.4 Å². The number of aryl methyl sites for hydroxylation is 1. The molecule has 0 unspecified atom stereocenters. The Balaban J connectivity index is 2.40. The number of rotatable bonds is 2. The van der Waals surface area contributed by atoms with Crippen LogP contribution in [0.5, 0.6) is 11.5 Å². The first-order chi connectivity index (χ1) is 9.77. The molecule has 2 rings (SSSR count). The highest BCUT2D eigenvalue weighted by molar-refractivity contribution is 5.86. The molecule has 0 saturated heterocycles. The Labute approximate surface area is 125 Å². The summed E-state index contributed by atoms with van der Waals surface area (Å²) in [5, 5.41) is 19.7. The van der Waals surface area contributed by atoms with Crippen molar-refractivity contribution in [2.24, 2.45) is 4.99 Å². The third-order valence-corrected chi connectivity index (χ3v) is 3.29. The van der Waals surface area contributed by atoms with E-state index < -0.39 is 0 Å². The zero-order valence-corrected chi connectivity index (χ0v) is 12.9. The third-order valence-electron chi connectivity index (χ3n) is 3.29. The molecule has 0 bridgehead atoms. The first-order valence-corrected chi connectivity index (χ1v) is 6.94. The van der Waals surface area contributed by atoms with Crippen molar-refractivity contribution in [2.75, 3.05) is 0 Å². The zero-order chi connectivity index (χ0) is 15.6. The van der Waals surface area contributed by atoms with E-state index in [4.69, 9.17) is 0 Å². The van der Waals surface area contributed by atoms with Gasteiger partial charge in [-0.2, -0.15) is 0 Å². The first-order valence-electron chi connectivity index (χ1n) is 6.94. The van der Waals surface area contributed by atoms with E-state index in [0.717, 1.165) is 16.8 Å². The Morgan fingerprint density at radius 1 is 1.00 bits per heavy atom. The second-order valence-electron chi connectivity index (χ2n) is 6.27. The summed E-state index contributed by atoms with van der Waals surface area (Å²) in [5.41, 5.74) is 3.30. The Morgan fingerprint density at radius 2 is 1.62 bits per heavy atom. The molecule has 0 amide bonds. The summed E-state index contributed by atoms with van der Waals surface area (Å²) < 4.78 is 0. The number of hydrogen-bond donors (Lipinski definition) is 2. The maximum absolute atomic E-state index is 10.4. The highest BCUT2D eigenvalue weighted by atomic mass is 16.3. The van der Waals surface area contributed by atoms with Crippen LogP contribution in [0.15, 0.2) is 41.4 Å². The van der Waals surface area contributed by atoms with Gasteiger partial charge in [0.05, 0.1) is 5.69 Å². The van der Waals surface area contributed by atoms with Gasteiger partial charge in [0.15, 0.2) is 0 Å². The summed E-state index contributed by atoms with van der Waals surface area (Å²) in [7, 11) is 0. The third kappa shape index (κ3) is 3.63. The number of phenols is 2. The Kier molecular flexibility index (Phi) is 4.03. The van der Waals surface area contributed by atoms with E-state index in [-0.39, 0.29) is 16.9 Å². The Morgan fingerprint density at radius 3 is 2.19 bits per heavy atom. The summed E-state index contributed by atoms with van der Waals surface area (Å²) in [6.07, 6.45) is 1.66. The first kappa shape index (κ1) is 15.1. The normalized spacial score (nSPS) is 12.0. The lowest BCUT2D eigenvalue weighted by molar-refractivity contribution is 0.445. The van der Waals surface area contributed by atoms with Gasteiger partial charge in [-0.25, -0.2) is 0 Å². The van der Waals surface area contributed by atoms with Crippen molar-refractivity contribution in [3.8, 4) is 11.5 Å². The second-order valence-corrected chi connectivity index (χ2v) is 6.27. The molecular weight excluding hydrogens is 262 g/mol. The number of nitrogens with zero attached hydrogens (tertiary/aromatic N) is 1. The van der Waals surface area contributed by atoms with E-state index in [0.29, 0.717) is 5.56 Å². The predicted octanol–water partition coefficient (Wildman–Crippen LogP) is 4.45. The lowest BCUT2D eigenvalue weighted by atomic mass is 9.84. The molecule has 0 aromatic heterocycles. The van der Waals surface area contributed by atoms with Crippen LogP contribution in [0.25, 0.3) is 0 Å². The summed E-state index contributed by atoms with van der Waals surface area (Å²) in [5.74, 6) is 0.484. The average Bonchev–Trinajstić information content (AvgIpc) is 2.40. The molecule has 0 aliphatic carbocycles. The molecule has 2 aromatic rings. The number of hydrogen-bond acceptors (Lipinski definition) is 3. The van der Waals surface area contributed by atoms with Gasteiger partial charge < -0.3 is 10.2 Å². The molecule has 21 heavy (non-hydrogen) atoms. The molecule has 0 heterocycles. The number of phenolic OH excluding ortho intramolecular Hbond substituents is 2. The largest absolute Gasteiger partial charge is 0.508 e. The van der Waals surface area contributed by atoms with Gasteiger partial charge in [-0.15, -0.1) is 0 Å². The lowest BCUT2D eigenvalue weighted by Crippen LogP contribution is -2.12. The van der Waals surface area contributed by atoms with E-state index in [1.54, 1.807) is 30.5 Å². The molecule has 0 aliphatic heterocycles. The number of benzene rings is 2. The van der Waals surface area contributed by atoms with Crippen molar-refractivity contribution in [1.82, 2.24) is 0 Å². The van der Waals surface area contributed by atoms with Crippen LogP contribution in [-0.2, 0) is 5.41 Å². The average molecular weight is 283 g/mol. The van der Waals surface area contributed by atoms with Gasteiger partial charge in [-0.3, -0.25) is 4.99 Å². The fraction of sp³-hybridized carbons (Fsp3) is 0.278. The van der Waals surface area contributed by atoms with Gasteiger partial charge in [-0.05, 0) is 48.2 Å². The van der Waals surface area contributed by atoms with E-state index in [1.165, 1.54) is 0 Å². The molecule has 0 saturated carbocycles. The highest BCUT2D eigenvalue weighted by Crippen LogP contribution is 2.33. The minimum Gasteiger partial charge on any atom is -0.508 e. The zero-order valence-electron chi connectivity index (χ0n) is 12.9. The van der Waals surface area contributed by atoms with Gasteiger partial charge in [0.1, 0.15) is 11.5 Å². The van der Waals surface area contributed by atoms with Crippen molar-refractivity contribution < 1.29 is 10.2 Å². The smallest absolute Gasteiger partial charge is 0.128 e. The second kappa shape index (κ2) is 5.60. The predicted molar refractivity (Wildman–Crippen MR) is 86.9 cm³/mol. The molecule has 110 valence electrons. The maximum Gasteiger partial charge on any atom is 0.128 e. The molecule has 3 heteroatoms. The van der Waals surface area contributed by atoms with Crippen LogP contribution in [0.2, 0.25) is 0 Å². The van der Waals surface area contributed by atoms with Gasteiger partial charge in [-0.1, -0.05) is 26.8 Å². The van der Waals surface area contributed by atoms with Crippen LogP contribution in [0.4, 0.5) is 5.69 Å². The van der Waals surface area contributed by atoms with Crippen LogP contribution in [0.3, 0.4) is 0 Å². The van der Waals surface area contributed by atoms with Gasteiger partial charge >= 0.3 is 0 Å². The van der Waals surface area contributed by atoms with Crippen LogP contribution in [0, 0.1) is 6.92 Å². The highest BCUT2D eigenvalue weighted by Gasteiger charge is 2.20. The molecule has 0 aliphatic rings. The lowest BCUT2D eigenvalue weighted by Gasteiger charge is -2.22. The number of aromatic hydroxyl groups is 2. The van der Waals surface area contributed by atoms with Crippen molar-refractivity contribution in [3.63, 3.8) is 0 Å². The van der Waals surface area contributed by atoms with Crippen LogP contribution >= 0.6 is 0 Å². The molecule has 0 fully saturated rings. The quantitative estimate of drug-likeness (QED) is 0.800. The fourth-order valence-corrected chi connectivity index (χ4v) is 2.16. The molecule has 2 N–H and O–H groups in total. The summed E-state index contributed by atoms with van der Waals surface area (Å²) >= 11 is 0. The standard InChI is InChI=1S/C18H21NO2/c1-12-9-13(17(21)16(10-12)18(2,3)4)11-19-14-5-7-15(20)8-6-14/h5-11,20-21H,1-4H3. The van der Waals surface area contributed by atoms with Crippen molar-refractivity contribution in [1.29, 1.82) is 0 Å². The van der Waals surface area contributed by atoms with Gasteiger partial charge in [0, 0.05) is 17.3 Å². The van der Waals surface area contributed by atoms with Gasteiger partial charge in [0.25, 0.3) is 0 Å². The molecular formula is C18H21NO2. The minimum atomic E-state index is -0.128. The van der Waals surface area contributed by atoms with E-state index >= 15 is 0 Å². The monoisotopic (exact) mass is 283 g/mol. The van der Waals surface area contributed by atoms with Crippen LogP contribution in [0.1, 0.15) is 37.5 Å². The van der Waals surface area contributed by atoms with Crippen molar-refractivity contribution in [2.45, 2.75) is 33.1 Å². The molecule has 0 spiro atoms. The minimum absolute atomic E-state index is 0.128. The van der Waals surface area contributed by atoms with Crippen molar-refractivity contribution >= 4 is 11.9 Å². The van der Waals surface area contributed by atoms with E-state index in [9.17, 15) is 10.2 Å². The van der Waals surface area contributed by atoms with E-state index in [1.807, 2.05) is 19.1 Å². The Bertz CT molecular complexity index is 665. The maximum atomic E-state index is 10.4. The molecule has 2 aromatic carbocycles. The van der Waals surface area contributed by atoms with E-state index in [2.05, 4.69) is 25.8 Å². The number of aliphatic imine (C=N–C) groups is 1. The van der Waals surface area contributed by atoms with Gasteiger partial charge in [0.2, 0.25) is 0 Å². The SMILES string of the molecule is Cc1cc(C=Nc2ccc(O)cc2)c(O)c(C(C)(C)C)c1. The summed E-state index contributed by atoms with van der Waals surface area (Å²) in [6, 6.07) is 10.5. The molecule has 0 atom stereocenters. The van der Waals surface area contributed by atoms with Crippen molar-refractivity contribution in [3.05, 3.63) is 53.1 Å². The molecule has 0 radical (unpaired) electrons.